The number of nitrogens with zero attached hydrogens (tertiary/aromatic N) is 3. The SMILES string of the molecule is CC(C)NS(=O)(=O)c1cc(N=Nc2ccc([N+](=O)[O-])cc2S(C)(=O)=O)c2c(NS(=O)(=O)c3cccc(S(=O)(=O)O)c3)cccc2c1O. The van der Waals surface area contributed by atoms with Crippen LogP contribution in [0.15, 0.2) is 96.5 Å². The van der Waals surface area contributed by atoms with Crippen molar-refractivity contribution in [1.29, 1.82) is 0 Å². The van der Waals surface area contributed by atoms with Crippen LogP contribution in [-0.4, -0.2) is 60.6 Å². The summed E-state index contributed by atoms with van der Waals surface area (Å²) in [4.78, 5) is 7.82. The van der Waals surface area contributed by atoms with E-state index in [1.807, 2.05) is 0 Å². The van der Waals surface area contributed by atoms with E-state index in [4.69, 9.17) is 0 Å². The highest BCUT2D eigenvalue weighted by Gasteiger charge is 2.27. The summed E-state index contributed by atoms with van der Waals surface area (Å²) in [5, 5.41) is 29.8. The van der Waals surface area contributed by atoms with Crippen molar-refractivity contribution in [3.63, 3.8) is 0 Å². The zero-order valence-electron chi connectivity index (χ0n) is 24.4. The van der Waals surface area contributed by atoms with Gasteiger partial charge in [0.15, 0.2) is 9.84 Å². The van der Waals surface area contributed by atoms with Crippen LogP contribution in [0.2, 0.25) is 0 Å². The highest BCUT2D eigenvalue weighted by molar-refractivity contribution is 7.93. The number of benzene rings is 4. The van der Waals surface area contributed by atoms with Gasteiger partial charge in [0.2, 0.25) is 10.0 Å². The molecule has 0 bridgehead atoms. The summed E-state index contributed by atoms with van der Waals surface area (Å²) in [5.41, 5.74) is -1.66. The lowest BCUT2D eigenvalue weighted by molar-refractivity contribution is -0.385. The van der Waals surface area contributed by atoms with Crippen LogP contribution in [0.25, 0.3) is 10.8 Å². The van der Waals surface area contributed by atoms with Crippen LogP contribution in [0.5, 0.6) is 5.75 Å². The summed E-state index contributed by atoms with van der Waals surface area (Å²) < 4.78 is 115. The number of phenolic OH excluding ortho intramolecular Hbond substituents is 1. The molecule has 0 aromatic heterocycles. The summed E-state index contributed by atoms with van der Waals surface area (Å²) >= 11 is 0. The van der Waals surface area contributed by atoms with Crippen molar-refractivity contribution in [3.05, 3.63) is 76.8 Å². The molecule has 0 heterocycles. The molecule has 0 spiro atoms. The average molecular weight is 728 g/mol. The molecule has 21 heteroatoms. The lowest BCUT2D eigenvalue weighted by Crippen LogP contribution is -2.30. The number of aromatic hydroxyl groups is 1. The maximum Gasteiger partial charge on any atom is 0.294 e. The van der Waals surface area contributed by atoms with Crippen molar-refractivity contribution >= 4 is 73.5 Å². The van der Waals surface area contributed by atoms with E-state index < -0.39 is 87.7 Å². The van der Waals surface area contributed by atoms with Crippen molar-refractivity contribution in [3.8, 4) is 5.75 Å². The Labute approximate surface area is 268 Å². The van der Waals surface area contributed by atoms with E-state index in [1.54, 1.807) is 0 Å². The quantitative estimate of drug-likeness (QED) is 0.0739. The van der Waals surface area contributed by atoms with Gasteiger partial charge in [0.05, 0.1) is 26.1 Å². The van der Waals surface area contributed by atoms with Crippen molar-refractivity contribution in [2.24, 2.45) is 10.2 Å². The summed E-state index contributed by atoms with van der Waals surface area (Å²) in [6.07, 6.45) is 0.771. The maximum atomic E-state index is 13.4. The Morgan fingerprint density at radius 2 is 1.40 bits per heavy atom. The molecule has 0 aliphatic heterocycles. The van der Waals surface area contributed by atoms with E-state index in [2.05, 4.69) is 19.7 Å². The zero-order valence-corrected chi connectivity index (χ0v) is 27.6. The minimum atomic E-state index is -4.78. The fourth-order valence-electron chi connectivity index (χ4n) is 4.27. The van der Waals surface area contributed by atoms with Gasteiger partial charge in [-0.25, -0.2) is 30.0 Å². The maximum absolute atomic E-state index is 13.4. The Morgan fingerprint density at radius 3 is 2.00 bits per heavy atom. The smallest absolute Gasteiger partial charge is 0.294 e. The van der Waals surface area contributed by atoms with Crippen LogP contribution < -0.4 is 9.44 Å². The van der Waals surface area contributed by atoms with Crippen molar-refractivity contribution in [2.75, 3.05) is 11.0 Å². The lowest BCUT2D eigenvalue weighted by Gasteiger charge is -2.16. The van der Waals surface area contributed by atoms with Crippen molar-refractivity contribution < 1.29 is 48.3 Å². The standard InChI is InChI=1S/C26H25N5O12S4/c1-15(2)29-46(39,40)24-14-22(28-27-20-11-10-16(31(33)34)12-23(20)44(3,35)36)25-19(26(24)32)8-5-9-21(25)30-45(37,38)17-6-4-7-18(13-17)47(41,42)43/h4-15,29-30,32H,1-3H3,(H,41,42,43). The molecule has 17 nitrogen and oxygen atoms in total. The van der Waals surface area contributed by atoms with Crippen LogP contribution in [0, 0.1) is 10.1 Å². The first-order chi connectivity index (χ1) is 21.6. The first kappa shape index (κ1) is 35.3. The molecule has 4 rings (SSSR count). The minimum Gasteiger partial charge on any atom is -0.506 e. The largest absolute Gasteiger partial charge is 0.506 e. The van der Waals surface area contributed by atoms with Crippen LogP contribution in [0.1, 0.15) is 13.8 Å². The molecule has 4 N–H and O–H groups in total. The summed E-state index contributed by atoms with van der Waals surface area (Å²) in [5.74, 6) is -0.811. The van der Waals surface area contributed by atoms with E-state index in [-0.39, 0.29) is 22.1 Å². The van der Waals surface area contributed by atoms with Gasteiger partial charge < -0.3 is 5.11 Å². The first-order valence-corrected chi connectivity index (χ1v) is 19.2. The molecule has 0 atom stereocenters. The Kier molecular flexibility index (Phi) is 9.45. The highest BCUT2D eigenvalue weighted by Crippen LogP contribution is 2.43. The van der Waals surface area contributed by atoms with Gasteiger partial charge in [-0.2, -0.15) is 8.42 Å². The molecular weight excluding hydrogens is 703 g/mol. The predicted octanol–water partition coefficient (Wildman–Crippen LogP) is 4.01. The van der Waals surface area contributed by atoms with E-state index in [0.29, 0.717) is 6.07 Å². The molecule has 47 heavy (non-hydrogen) atoms. The number of anilines is 1. The van der Waals surface area contributed by atoms with E-state index >= 15 is 0 Å². The fourth-order valence-corrected chi connectivity index (χ4v) is 8.20. The number of nitrogens with one attached hydrogen (secondary N) is 2. The van der Waals surface area contributed by atoms with E-state index in [0.717, 1.165) is 48.7 Å². The Hall–Kier alpha value is -4.54. The Balaban J connectivity index is 2.01. The highest BCUT2D eigenvalue weighted by atomic mass is 32.2. The van der Waals surface area contributed by atoms with Gasteiger partial charge in [0, 0.05) is 35.2 Å². The van der Waals surface area contributed by atoms with Crippen molar-refractivity contribution in [2.45, 2.75) is 39.5 Å². The molecule has 0 aliphatic carbocycles. The van der Waals surface area contributed by atoms with Crippen LogP contribution in [0.4, 0.5) is 22.7 Å². The second-order valence-electron chi connectivity index (χ2n) is 10.2. The normalized spacial score (nSPS) is 13.0. The molecule has 0 fully saturated rings. The lowest BCUT2D eigenvalue weighted by atomic mass is 10.1. The number of nitro groups is 1. The van der Waals surface area contributed by atoms with Crippen molar-refractivity contribution in [1.82, 2.24) is 4.72 Å². The van der Waals surface area contributed by atoms with Gasteiger partial charge in [-0.1, -0.05) is 18.2 Å². The van der Waals surface area contributed by atoms with Crippen LogP contribution in [0.3, 0.4) is 0 Å². The summed E-state index contributed by atoms with van der Waals surface area (Å²) in [6, 6.07) is 10.4. The molecule has 0 unspecified atom stereocenters. The van der Waals surface area contributed by atoms with Gasteiger partial charge in [0.1, 0.15) is 21.2 Å². The van der Waals surface area contributed by atoms with Gasteiger partial charge in [-0.15, -0.1) is 10.2 Å². The third-order valence-electron chi connectivity index (χ3n) is 6.23. The molecular formula is C26H25N5O12S4. The molecule has 4 aromatic carbocycles. The number of hydrogen-bond acceptors (Lipinski definition) is 13. The number of hydrogen-bond donors (Lipinski definition) is 4. The Bertz CT molecular complexity index is 2410. The molecule has 4 aromatic rings. The first-order valence-electron chi connectivity index (χ1n) is 12.9. The predicted molar refractivity (Wildman–Crippen MR) is 169 cm³/mol. The number of rotatable bonds is 11. The number of non-ortho nitro benzene ring substituents is 1. The van der Waals surface area contributed by atoms with Crippen LogP contribution >= 0.6 is 0 Å². The molecule has 0 aliphatic rings. The van der Waals surface area contributed by atoms with E-state index in [1.165, 1.54) is 32.0 Å². The number of azo groups is 1. The topological polar surface area (TPSA) is 269 Å². The third kappa shape index (κ3) is 7.72. The molecule has 0 saturated carbocycles. The van der Waals surface area contributed by atoms with Crippen LogP contribution in [-0.2, 0) is 40.0 Å². The monoisotopic (exact) mass is 727 g/mol. The molecule has 250 valence electrons. The number of sulfonamides is 2. The summed E-state index contributed by atoms with van der Waals surface area (Å²) in [6.45, 7) is 3.03. The fraction of sp³-hybridized carbons (Fsp3) is 0.154. The average Bonchev–Trinajstić information content (AvgIpc) is 2.95. The number of nitro benzene ring substituents is 1. The van der Waals surface area contributed by atoms with E-state index in [9.17, 15) is 53.4 Å². The molecule has 0 radical (unpaired) electrons. The Morgan fingerprint density at radius 1 is 0.787 bits per heavy atom. The number of fused-ring (bicyclic) bond motifs is 1. The molecule has 0 saturated heterocycles. The van der Waals surface area contributed by atoms with Gasteiger partial charge in [-0.3, -0.25) is 19.4 Å². The molecule has 0 amide bonds. The second-order valence-corrected chi connectivity index (χ2v) is 17.0. The van der Waals surface area contributed by atoms with Gasteiger partial charge in [0.25, 0.3) is 25.8 Å². The minimum absolute atomic E-state index is 0.227. The third-order valence-corrected chi connectivity index (χ3v) is 11.2. The van der Waals surface area contributed by atoms with Gasteiger partial charge >= 0.3 is 0 Å². The number of sulfone groups is 1. The second kappa shape index (κ2) is 12.6. The zero-order chi connectivity index (χ0) is 35.1. The van der Waals surface area contributed by atoms with Gasteiger partial charge in [-0.05, 0) is 50.2 Å². The number of phenols is 1. The summed E-state index contributed by atoms with van der Waals surface area (Å²) in [7, 11) is -18.0.